The maximum absolute atomic E-state index is 11.8. The molecule has 0 aromatic carbocycles. The van der Waals surface area contributed by atoms with Crippen LogP contribution in [0, 0.1) is 5.92 Å². The van der Waals surface area contributed by atoms with Crippen LogP contribution in [0.25, 0.3) is 0 Å². The molecule has 0 spiro atoms. The van der Waals surface area contributed by atoms with Gasteiger partial charge < -0.3 is 20.3 Å². The average molecular weight is 330 g/mol. The Labute approximate surface area is 138 Å². The summed E-state index contributed by atoms with van der Waals surface area (Å²) in [7, 11) is 1.62. The zero-order valence-corrected chi connectivity index (χ0v) is 15.0. The minimum atomic E-state index is -0.0701. The van der Waals surface area contributed by atoms with Crippen LogP contribution in [0.2, 0.25) is 0 Å². The van der Waals surface area contributed by atoms with Gasteiger partial charge in [0.15, 0.2) is 5.96 Å². The highest BCUT2D eigenvalue weighted by Crippen LogP contribution is 2.24. The Morgan fingerprint density at radius 2 is 2.23 bits per heavy atom. The van der Waals surface area contributed by atoms with E-state index in [9.17, 15) is 4.79 Å². The summed E-state index contributed by atoms with van der Waals surface area (Å²) in [6, 6.07) is 0. The number of hydrogen-bond acceptors (Lipinski definition) is 4. The van der Waals surface area contributed by atoms with E-state index in [0.717, 1.165) is 31.3 Å². The molecule has 1 rings (SSSR count). The fourth-order valence-corrected chi connectivity index (χ4v) is 3.49. The molecule has 2 N–H and O–H groups in total. The lowest BCUT2D eigenvalue weighted by atomic mass is 10.1. The molecule has 1 aliphatic heterocycles. The second-order valence-corrected chi connectivity index (χ2v) is 6.96. The molecule has 7 heteroatoms. The molecule has 6 nitrogen and oxygen atoms in total. The second kappa shape index (κ2) is 10.7. The van der Waals surface area contributed by atoms with Gasteiger partial charge >= 0.3 is 0 Å². The fraction of sp³-hybridized carbons (Fsp3) is 0.867. The predicted molar refractivity (Wildman–Crippen MR) is 93.5 cm³/mol. The molecule has 22 heavy (non-hydrogen) atoms. The monoisotopic (exact) mass is 330 g/mol. The first-order chi connectivity index (χ1) is 10.6. The van der Waals surface area contributed by atoms with Gasteiger partial charge in [-0.2, -0.15) is 11.8 Å². The Morgan fingerprint density at radius 1 is 1.45 bits per heavy atom. The number of nitrogens with zero attached hydrogens (tertiary/aromatic N) is 2. The van der Waals surface area contributed by atoms with Gasteiger partial charge in [-0.3, -0.25) is 4.79 Å². The van der Waals surface area contributed by atoms with Crippen LogP contribution in [0.4, 0.5) is 0 Å². The SMILES string of the molecule is CCNC(=NCC(=O)NCCOC)N1CCSC(C(C)C)C1. The standard InChI is InChI=1S/C15H30N4O2S/c1-5-16-15(18-10-14(20)17-6-8-21-4)19-7-9-22-13(11-19)12(2)3/h12-13H,5-11H2,1-4H3,(H,16,18)(H,17,20). The van der Waals surface area contributed by atoms with Gasteiger partial charge in [0, 0.05) is 44.3 Å². The van der Waals surface area contributed by atoms with Crippen LogP contribution in [0.15, 0.2) is 4.99 Å². The summed E-state index contributed by atoms with van der Waals surface area (Å²) in [6.07, 6.45) is 0. The third-order valence-electron chi connectivity index (χ3n) is 3.47. The normalized spacial score (nSPS) is 19.4. The Bertz CT molecular complexity index is 363. The summed E-state index contributed by atoms with van der Waals surface area (Å²) in [5, 5.41) is 6.70. The highest BCUT2D eigenvalue weighted by Gasteiger charge is 2.24. The Kier molecular flexibility index (Phi) is 9.31. The Hall–Kier alpha value is -0.950. The first-order valence-electron chi connectivity index (χ1n) is 7.99. The molecule has 0 saturated carbocycles. The summed E-state index contributed by atoms with van der Waals surface area (Å²) >= 11 is 2.03. The first-order valence-corrected chi connectivity index (χ1v) is 9.03. The van der Waals surface area contributed by atoms with E-state index in [2.05, 4.69) is 34.4 Å². The molecule has 0 bridgehead atoms. The van der Waals surface area contributed by atoms with E-state index in [1.54, 1.807) is 7.11 Å². The third-order valence-corrected chi connectivity index (χ3v) is 5.01. The van der Waals surface area contributed by atoms with E-state index in [1.807, 2.05) is 18.7 Å². The summed E-state index contributed by atoms with van der Waals surface area (Å²) in [5.41, 5.74) is 0. The van der Waals surface area contributed by atoms with Gasteiger partial charge in [0.2, 0.25) is 5.91 Å². The van der Waals surface area contributed by atoms with Gasteiger partial charge in [-0.15, -0.1) is 0 Å². The molecular weight excluding hydrogens is 300 g/mol. The topological polar surface area (TPSA) is 66.0 Å². The van der Waals surface area contributed by atoms with Crippen molar-refractivity contribution in [2.45, 2.75) is 26.0 Å². The summed E-state index contributed by atoms with van der Waals surface area (Å²) in [4.78, 5) is 18.5. The number of guanidine groups is 1. The zero-order valence-electron chi connectivity index (χ0n) is 14.2. The van der Waals surface area contributed by atoms with Crippen molar-refractivity contribution in [2.75, 3.05) is 52.2 Å². The van der Waals surface area contributed by atoms with Crippen molar-refractivity contribution in [2.24, 2.45) is 10.9 Å². The number of thioether (sulfide) groups is 1. The highest BCUT2D eigenvalue weighted by atomic mass is 32.2. The summed E-state index contributed by atoms with van der Waals surface area (Å²) < 4.78 is 4.91. The maximum atomic E-state index is 11.8. The largest absolute Gasteiger partial charge is 0.383 e. The van der Waals surface area contributed by atoms with Gasteiger partial charge in [-0.05, 0) is 12.8 Å². The molecule has 0 radical (unpaired) electrons. The number of carbonyl (C=O) groups excluding carboxylic acids is 1. The van der Waals surface area contributed by atoms with E-state index in [0.29, 0.717) is 24.3 Å². The number of hydrogen-bond donors (Lipinski definition) is 2. The minimum Gasteiger partial charge on any atom is -0.383 e. The van der Waals surface area contributed by atoms with Crippen LogP contribution >= 0.6 is 11.8 Å². The number of nitrogens with one attached hydrogen (secondary N) is 2. The molecule has 128 valence electrons. The van der Waals surface area contributed by atoms with Gasteiger partial charge in [0.25, 0.3) is 0 Å². The Morgan fingerprint density at radius 3 is 2.86 bits per heavy atom. The summed E-state index contributed by atoms with van der Waals surface area (Å²) in [6.45, 7) is 10.5. The van der Waals surface area contributed by atoms with Gasteiger partial charge in [-0.25, -0.2) is 4.99 Å². The molecule has 1 unspecified atom stereocenters. The lowest BCUT2D eigenvalue weighted by molar-refractivity contribution is -0.119. The lowest BCUT2D eigenvalue weighted by Gasteiger charge is -2.36. The van der Waals surface area contributed by atoms with E-state index < -0.39 is 0 Å². The Balaban J connectivity index is 2.55. The molecule has 0 aromatic rings. The van der Waals surface area contributed by atoms with Gasteiger partial charge in [0.1, 0.15) is 6.54 Å². The number of amides is 1. The number of aliphatic imine (C=N–C) groups is 1. The quantitative estimate of drug-likeness (QED) is 0.410. The van der Waals surface area contributed by atoms with E-state index in [-0.39, 0.29) is 12.5 Å². The molecule has 1 amide bonds. The molecule has 1 heterocycles. The molecule has 1 aliphatic rings. The maximum Gasteiger partial charge on any atom is 0.241 e. The first kappa shape index (κ1) is 19.1. The van der Waals surface area contributed by atoms with E-state index >= 15 is 0 Å². The fourth-order valence-electron chi connectivity index (χ4n) is 2.19. The van der Waals surface area contributed by atoms with Crippen molar-refractivity contribution in [1.82, 2.24) is 15.5 Å². The smallest absolute Gasteiger partial charge is 0.241 e. The molecule has 0 aromatic heterocycles. The van der Waals surface area contributed by atoms with Crippen LogP contribution in [-0.4, -0.2) is 74.2 Å². The number of methoxy groups -OCH3 is 1. The molecule has 1 atom stereocenters. The summed E-state index contributed by atoms with van der Waals surface area (Å²) in [5.74, 6) is 2.52. The van der Waals surface area contributed by atoms with Crippen LogP contribution in [0.3, 0.4) is 0 Å². The zero-order chi connectivity index (χ0) is 16.4. The van der Waals surface area contributed by atoms with Crippen LogP contribution in [0.1, 0.15) is 20.8 Å². The van der Waals surface area contributed by atoms with E-state index in [1.165, 1.54) is 0 Å². The van der Waals surface area contributed by atoms with Crippen molar-refractivity contribution in [1.29, 1.82) is 0 Å². The molecule has 1 fully saturated rings. The third kappa shape index (κ3) is 6.87. The molecule has 0 aliphatic carbocycles. The van der Waals surface area contributed by atoms with Crippen molar-refractivity contribution in [3.63, 3.8) is 0 Å². The van der Waals surface area contributed by atoms with Crippen molar-refractivity contribution < 1.29 is 9.53 Å². The van der Waals surface area contributed by atoms with Crippen LogP contribution < -0.4 is 10.6 Å². The number of rotatable bonds is 7. The highest BCUT2D eigenvalue weighted by molar-refractivity contribution is 8.00. The average Bonchev–Trinajstić information content (AvgIpc) is 2.51. The molecule has 1 saturated heterocycles. The predicted octanol–water partition coefficient (Wildman–Crippen LogP) is 0.788. The van der Waals surface area contributed by atoms with Gasteiger partial charge in [0.05, 0.1) is 6.61 Å². The van der Waals surface area contributed by atoms with Crippen molar-refractivity contribution in [3.8, 4) is 0 Å². The second-order valence-electron chi connectivity index (χ2n) is 5.61. The van der Waals surface area contributed by atoms with Crippen molar-refractivity contribution in [3.05, 3.63) is 0 Å². The number of ether oxygens (including phenoxy) is 1. The van der Waals surface area contributed by atoms with Gasteiger partial charge in [-0.1, -0.05) is 13.8 Å². The molecular formula is C15H30N4O2S. The van der Waals surface area contributed by atoms with E-state index in [4.69, 9.17) is 4.74 Å². The van der Waals surface area contributed by atoms with Crippen molar-refractivity contribution >= 4 is 23.6 Å². The van der Waals surface area contributed by atoms with Crippen LogP contribution in [0.5, 0.6) is 0 Å². The lowest BCUT2D eigenvalue weighted by Crippen LogP contribution is -2.49. The van der Waals surface area contributed by atoms with Crippen LogP contribution in [-0.2, 0) is 9.53 Å². The number of carbonyl (C=O) groups is 1. The minimum absolute atomic E-state index is 0.0701.